The van der Waals surface area contributed by atoms with Crippen molar-refractivity contribution < 1.29 is 0 Å². The Morgan fingerprint density at radius 1 is 1.44 bits per heavy atom. The standard InChI is InChI=1S/C11H20N4S/c1-4-9-5-6-10(16-9)7-13-11(15-12)14-8(2)3/h5-6,8H,4,7,12H2,1-3H3,(H2,13,14,15). The predicted octanol–water partition coefficient (Wildman–Crippen LogP) is 1.63. The highest BCUT2D eigenvalue weighted by atomic mass is 32.1. The molecule has 0 bridgehead atoms. The molecule has 1 aromatic heterocycles. The molecule has 0 aliphatic heterocycles. The third-order valence-corrected chi connectivity index (χ3v) is 3.24. The summed E-state index contributed by atoms with van der Waals surface area (Å²) in [5, 5.41) is 3.14. The molecular formula is C11H20N4S. The number of hydrogen-bond acceptors (Lipinski definition) is 3. The summed E-state index contributed by atoms with van der Waals surface area (Å²) in [5.41, 5.74) is 2.57. The molecule has 90 valence electrons. The highest BCUT2D eigenvalue weighted by Gasteiger charge is 2.00. The van der Waals surface area contributed by atoms with E-state index in [0.29, 0.717) is 18.5 Å². The first-order valence-corrected chi connectivity index (χ1v) is 6.32. The van der Waals surface area contributed by atoms with Gasteiger partial charge in [0.25, 0.3) is 0 Å². The van der Waals surface area contributed by atoms with E-state index < -0.39 is 0 Å². The zero-order valence-corrected chi connectivity index (χ0v) is 10.9. The Morgan fingerprint density at radius 3 is 2.62 bits per heavy atom. The number of guanidine groups is 1. The van der Waals surface area contributed by atoms with Gasteiger partial charge < -0.3 is 5.32 Å². The fourth-order valence-electron chi connectivity index (χ4n) is 1.26. The smallest absolute Gasteiger partial charge is 0.206 e. The first-order valence-electron chi connectivity index (χ1n) is 5.51. The lowest BCUT2D eigenvalue weighted by molar-refractivity contribution is 0.702. The molecule has 1 heterocycles. The molecule has 0 aromatic carbocycles. The molecular weight excluding hydrogens is 220 g/mol. The van der Waals surface area contributed by atoms with E-state index in [-0.39, 0.29) is 0 Å². The number of nitrogens with two attached hydrogens (primary N) is 1. The SMILES string of the molecule is CCc1ccc(CN=C(NN)NC(C)C)s1. The van der Waals surface area contributed by atoms with Crippen molar-refractivity contribution in [3.05, 3.63) is 21.9 Å². The number of thiophene rings is 1. The van der Waals surface area contributed by atoms with E-state index in [9.17, 15) is 0 Å². The number of nitrogens with one attached hydrogen (secondary N) is 2. The molecule has 0 unspecified atom stereocenters. The molecule has 0 spiro atoms. The van der Waals surface area contributed by atoms with Gasteiger partial charge in [-0.15, -0.1) is 11.3 Å². The lowest BCUT2D eigenvalue weighted by atomic mass is 10.4. The zero-order chi connectivity index (χ0) is 12.0. The van der Waals surface area contributed by atoms with Crippen LogP contribution in [0.4, 0.5) is 0 Å². The molecule has 0 saturated carbocycles. The predicted molar refractivity (Wildman–Crippen MR) is 70.4 cm³/mol. The number of rotatable bonds is 4. The van der Waals surface area contributed by atoms with Crippen LogP contribution in [0.25, 0.3) is 0 Å². The van der Waals surface area contributed by atoms with Gasteiger partial charge in [0, 0.05) is 15.8 Å². The van der Waals surface area contributed by atoms with Gasteiger partial charge in [-0.2, -0.15) is 0 Å². The Bertz CT molecular complexity index is 344. The fourth-order valence-corrected chi connectivity index (χ4v) is 2.14. The van der Waals surface area contributed by atoms with Crippen molar-refractivity contribution >= 4 is 17.3 Å². The van der Waals surface area contributed by atoms with Crippen LogP contribution >= 0.6 is 11.3 Å². The first-order chi connectivity index (χ1) is 7.65. The number of hydrazine groups is 1. The Labute approximate surface area is 101 Å². The summed E-state index contributed by atoms with van der Waals surface area (Å²) < 4.78 is 0. The molecule has 16 heavy (non-hydrogen) atoms. The summed E-state index contributed by atoms with van der Waals surface area (Å²) in [7, 11) is 0. The van der Waals surface area contributed by atoms with Crippen molar-refractivity contribution in [2.24, 2.45) is 10.8 Å². The van der Waals surface area contributed by atoms with Crippen molar-refractivity contribution in [2.75, 3.05) is 0 Å². The lowest BCUT2D eigenvalue weighted by Crippen LogP contribution is -2.44. The van der Waals surface area contributed by atoms with Gasteiger partial charge in [-0.25, -0.2) is 10.8 Å². The number of hydrogen-bond donors (Lipinski definition) is 3. The van der Waals surface area contributed by atoms with Gasteiger partial charge in [0.2, 0.25) is 5.96 Å². The number of nitrogens with zero attached hydrogens (tertiary/aromatic N) is 1. The molecule has 0 aliphatic carbocycles. The molecule has 0 fully saturated rings. The first kappa shape index (κ1) is 13.0. The molecule has 0 saturated heterocycles. The summed E-state index contributed by atoms with van der Waals surface area (Å²) in [6.07, 6.45) is 1.08. The molecule has 0 radical (unpaired) electrons. The Balaban J connectivity index is 2.55. The van der Waals surface area contributed by atoms with Crippen molar-refractivity contribution in [3.63, 3.8) is 0 Å². The summed E-state index contributed by atoms with van der Waals surface area (Å²) >= 11 is 1.80. The van der Waals surface area contributed by atoms with Gasteiger partial charge in [0.05, 0.1) is 6.54 Å². The molecule has 4 nitrogen and oxygen atoms in total. The number of aliphatic imine (C=N–C) groups is 1. The monoisotopic (exact) mass is 240 g/mol. The minimum Gasteiger partial charge on any atom is -0.353 e. The normalized spacial score (nSPS) is 11.9. The molecule has 0 atom stereocenters. The Hall–Kier alpha value is -1.07. The van der Waals surface area contributed by atoms with E-state index in [1.807, 2.05) is 13.8 Å². The molecule has 0 amide bonds. The van der Waals surface area contributed by atoms with Crippen molar-refractivity contribution in [3.8, 4) is 0 Å². The van der Waals surface area contributed by atoms with E-state index in [0.717, 1.165) is 6.42 Å². The van der Waals surface area contributed by atoms with E-state index >= 15 is 0 Å². The Morgan fingerprint density at radius 2 is 2.12 bits per heavy atom. The second kappa shape index (κ2) is 6.50. The fraction of sp³-hybridized carbons (Fsp3) is 0.545. The summed E-state index contributed by atoms with van der Waals surface area (Å²) in [6.45, 7) is 6.93. The molecule has 4 N–H and O–H groups in total. The van der Waals surface area contributed by atoms with Gasteiger partial charge in [-0.3, -0.25) is 5.43 Å². The number of aryl methyl sites for hydroxylation is 1. The maximum absolute atomic E-state index is 5.38. The minimum atomic E-state index is 0.323. The van der Waals surface area contributed by atoms with Crippen LogP contribution in [0.3, 0.4) is 0 Å². The lowest BCUT2D eigenvalue weighted by Gasteiger charge is -2.11. The average molecular weight is 240 g/mol. The van der Waals surface area contributed by atoms with Gasteiger partial charge in [0.15, 0.2) is 0 Å². The maximum atomic E-state index is 5.38. The second-order valence-corrected chi connectivity index (χ2v) is 5.08. The van der Waals surface area contributed by atoms with Crippen molar-refractivity contribution in [1.29, 1.82) is 0 Å². The largest absolute Gasteiger partial charge is 0.353 e. The van der Waals surface area contributed by atoms with Crippen LogP contribution in [-0.2, 0) is 13.0 Å². The van der Waals surface area contributed by atoms with Crippen LogP contribution in [0.2, 0.25) is 0 Å². The molecule has 0 aliphatic rings. The maximum Gasteiger partial charge on any atom is 0.206 e. The van der Waals surface area contributed by atoms with Crippen LogP contribution in [0.15, 0.2) is 17.1 Å². The minimum absolute atomic E-state index is 0.323. The van der Waals surface area contributed by atoms with Gasteiger partial charge in [0.1, 0.15) is 0 Å². The quantitative estimate of drug-likeness (QED) is 0.324. The van der Waals surface area contributed by atoms with Crippen LogP contribution in [-0.4, -0.2) is 12.0 Å². The molecule has 1 rings (SSSR count). The summed E-state index contributed by atoms with van der Waals surface area (Å²) in [6, 6.07) is 4.60. The van der Waals surface area contributed by atoms with Crippen LogP contribution in [0, 0.1) is 0 Å². The topological polar surface area (TPSA) is 62.4 Å². The van der Waals surface area contributed by atoms with Gasteiger partial charge >= 0.3 is 0 Å². The van der Waals surface area contributed by atoms with Crippen LogP contribution < -0.4 is 16.6 Å². The van der Waals surface area contributed by atoms with Crippen molar-refractivity contribution in [1.82, 2.24) is 10.7 Å². The van der Waals surface area contributed by atoms with Gasteiger partial charge in [-0.1, -0.05) is 6.92 Å². The Kier molecular flexibility index (Phi) is 5.28. The summed E-state index contributed by atoms with van der Waals surface area (Å²) in [5.74, 6) is 6.02. The highest BCUT2D eigenvalue weighted by molar-refractivity contribution is 7.11. The second-order valence-electron chi connectivity index (χ2n) is 3.83. The van der Waals surface area contributed by atoms with Gasteiger partial charge in [-0.05, 0) is 32.4 Å². The van der Waals surface area contributed by atoms with Crippen LogP contribution in [0.5, 0.6) is 0 Å². The summed E-state index contributed by atoms with van der Waals surface area (Å²) in [4.78, 5) is 7.03. The van der Waals surface area contributed by atoms with Crippen LogP contribution in [0.1, 0.15) is 30.5 Å². The average Bonchev–Trinajstić information content (AvgIpc) is 2.71. The van der Waals surface area contributed by atoms with E-state index in [4.69, 9.17) is 5.84 Å². The highest BCUT2D eigenvalue weighted by Crippen LogP contribution is 2.17. The third-order valence-electron chi connectivity index (χ3n) is 2.02. The van der Waals surface area contributed by atoms with E-state index in [1.54, 1.807) is 11.3 Å². The molecule has 5 heteroatoms. The zero-order valence-electron chi connectivity index (χ0n) is 10.1. The van der Waals surface area contributed by atoms with E-state index in [2.05, 4.69) is 34.8 Å². The van der Waals surface area contributed by atoms with Crippen molar-refractivity contribution in [2.45, 2.75) is 39.8 Å². The van der Waals surface area contributed by atoms with E-state index in [1.165, 1.54) is 9.75 Å². The molecule has 1 aromatic rings. The third kappa shape index (κ3) is 4.20.